The number of hydrogen-bond donors (Lipinski definition) is 2. The first-order valence-electron chi connectivity index (χ1n) is 11.0. The summed E-state index contributed by atoms with van der Waals surface area (Å²) < 4.78 is 30.9. The van der Waals surface area contributed by atoms with Gasteiger partial charge in [0.2, 0.25) is 0 Å². The largest absolute Gasteiger partial charge is 0.462 e. The smallest absolute Gasteiger partial charge is 0.293 e. The van der Waals surface area contributed by atoms with Gasteiger partial charge in [0.25, 0.3) is 6.47 Å². The number of nitrogens with zero attached hydrogens (tertiary/aromatic N) is 1. The Morgan fingerprint density at radius 2 is 1.69 bits per heavy atom. The molecular formula is C24H33N3O4S. The first-order chi connectivity index (χ1) is 15.2. The van der Waals surface area contributed by atoms with Gasteiger partial charge in [-0.05, 0) is 56.5 Å². The van der Waals surface area contributed by atoms with Crippen molar-refractivity contribution >= 4 is 22.0 Å². The highest BCUT2D eigenvalue weighted by Crippen LogP contribution is 2.36. The standard InChI is InChI=1S/C19H23N3O2S.C5H10O2/c23-25(24,15-5-2-1-3-6-15)19-17-7-4-8-18(16(17)9-10-21-19)22-13-11-20-12-14-22;1-5(2,3)7-4-6/h1-8,19-21H,9-14H2;4H,1-3H3. The minimum Gasteiger partial charge on any atom is -0.462 e. The van der Waals surface area contributed by atoms with Gasteiger partial charge in [0.15, 0.2) is 9.84 Å². The molecule has 2 aliphatic rings. The van der Waals surface area contributed by atoms with Crippen LogP contribution in [0.25, 0.3) is 0 Å². The van der Waals surface area contributed by atoms with Crippen molar-refractivity contribution < 1.29 is 17.9 Å². The summed E-state index contributed by atoms with van der Waals surface area (Å²) in [6.45, 7) is 10.4. The van der Waals surface area contributed by atoms with Gasteiger partial charge in [0.1, 0.15) is 11.0 Å². The number of rotatable bonds is 4. The Bertz CT molecular complexity index is 998. The number of carbonyl (C=O) groups excluding carboxylic acids is 1. The zero-order chi connectivity index (χ0) is 23.2. The van der Waals surface area contributed by atoms with E-state index in [9.17, 15) is 13.2 Å². The number of carbonyl (C=O) groups is 1. The fourth-order valence-electron chi connectivity index (χ4n) is 3.92. The van der Waals surface area contributed by atoms with Crippen LogP contribution in [0, 0.1) is 0 Å². The van der Waals surface area contributed by atoms with Gasteiger partial charge in [-0.2, -0.15) is 0 Å². The van der Waals surface area contributed by atoms with Crippen molar-refractivity contribution in [2.45, 2.75) is 43.1 Å². The Kier molecular flexibility index (Phi) is 7.92. The minimum atomic E-state index is -3.46. The molecule has 32 heavy (non-hydrogen) atoms. The average molecular weight is 460 g/mol. The molecule has 7 nitrogen and oxygen atoms in total. The quantitative estimate of drug-likeness (QED) is 0.680. The zero-order valence-electron chi connectivity index (χ0n) is 19.0. The summed E-state index contributed by atoms with van der Waals surface area (Å²) in [5, 5.41) is 5.92. The predicted octanol–water partition coefficient (Wildman–Crippen LogP) is 2.67. The molecule has 2 aromatic carbocycles. The summed E-state index contributed by atoms with van der Waals surface area (Å²) >= 11 is 0. The second-order valence-electron chi connectivity index (χ2n) is 8.85. The number of ether oxygens (including phenoxy) is 1. The lowest BCUT2D eigenvalue weighted by atomic mass is 9.98. The molecule has 174 valence electrons. The average Bonchev–Trinajstić information content (AvgIpc) is 2.79. The molecule has 8 heteroatoms. The highest BCUT2D eigenvalue weighted by Gasteiger charge is 2.34. The first-order valence-corrected chi connectivity index (χ1v) is 12.5. The summed E-state index contributed by atoms with van der Waals surface area (Å²) in [6, 6.07) is 14.8. The molecule has 0 spiro atoms. The topological polar surface area (TPSA) is 87.7 Å². The predicted molar refractivity (Wildman–Crippen MR) is 127 cm³/mol. The molecule has 2 aromatic rings. The summed E-state index contributed by atoms with van der Waals surface area (Å²) in [6.07, 6.45) is 0.857. The Balaban J connectivity index is 0.000000360. The molecule has 2 heterocycles. The Morgan fingerprint density at radius 3 is 2.28 bits per heavy atom. The van der Waals surface area contributed by atoms with Gasteiger partial charge in [-0.25, -0.2) is 8.42 Å². The summed E-state index contributed by atoms with van der Waals surface area (Å²) in [7, 11) is -3.46. The molecule has 2 N–H and O–H groups in total. The summed E-state index contributed by atoms with van der Waals surface area (Å²) in [5.74, 6) is 0. The lowest BCUT2D eigenvalue weighted by Gasteiger charge is -2.35. The van der Waals surface area contributed by atoms with E-state index in [0.29, 0.717) is 17.9 Å². The van der Waals surface area contributed by atoms with Crippen LogP contribution in [0.5, 0.6) is 0 Å². The molecule has 0 aliphatic carbocycles. The SMILES string of the molecule is CC(C)(C)OC=O.O=S(=O)(c1ccccc1)C1NCCc2c1cccc2N1CCNCC1. The number of hydrogen-bond acceptors (Lipinski definition) is 7. The third-order valence-electron chi connectivity index (χ3n) is 5.42. The Labute approximate surface area is 191 Å². The van der Waals surface area contributed by atoms with Crippen molar-refractivity contribution in [1.82, 2.24) is 10.6 Å². The molecule has 0 aromatic heterocycles. The van der Waals surface area contributed by atoms with E-state index >= 15 is 0 Å². The summed E-state index contributed by atoms with van der Waals surface area (Å²) in [4.78, 5) is 12.3. The lowest BCUT2D eigenvalue weighted by molar-refractivity contribution is -0.138. The number of piperazine rings is 1. The van der Waals surface area contributed by atoms with Crippen molar-refractivity contribution in [2.75, 3.05) is 37.6 Å². The van der Waals surface area contributed by atoms with Crippen LogP contribution in [0.2, 0.25) is 0 Å². The highest BCUT2D eigenvalue weighted by atomic mass is 32.2. The number of fused-ring (bicyclic) bond motifs is 1. The van der Waals surface area contributed by atoms with Gasteiger partial charge < -0.3 is 15.0 Å². The molecular weight excluding hydrogens is 426 g/mol. The van der Waals surface area contributed by atoms with E-state index in [0.717, 1.165) is 38.2 Å². The fraction of sp³-hybridized carbons (Fsp3) is 0.458. The fourth-order valence-corrected chi connectivity index (χ4v) is 5.62. The van der Waals surface area contributed by atoms with Crippen molar-refractivity contribution in [3.05, 3.63) is 59.7 Å². The Hall–Kier alpha value is -2.42. The summed E-state index contributed by atoms with van der Waals surface area (Å²) in [5.41, 5.74) is 2.94. The lowest BCUT2D eigenvalue weighted by Crippen LogP contribution is -2.44. The van der Waals surface area contributed by atoms with Crippen LogP contribution in [0.15, 0.2) is 53.4 Å². The highest BCUT2D eigenvalue weighted by molar-refractivity contribution is 7.91. The Morgan fingerprint density at radius 1 is 1.00 bits per heavy atom. The molecule has 1 unspecified atom stereocenters. The van der Waals surface area contributed by atoms with Gasteiger partial charge in [0, 0.05) is 38.4 Å². The molecule has 0 radical (unpaired) electrons. The van der Waals surface area contributed by atoms with Gasteiger partial charge in [-0.15, -0.1) is 0 Å². The van der Waals surface area contributed by atoms with E-state index in [1.807, 2.05) is 39.0 Å². The second-order valence-corrected chi connectivity index (χ2v) is 10.9. The molecule has 0 amide bonds. The maximum Gasteiger partial charge on any atom is 0.293 e. The number of benzene rings is 2. The monoisotopic (exact) mass is 459 g/mol. The van der Waals surface area contributed by atoms with Crippen LogP contribution in [-0.2, 0) is 25.8 Å². The molecule has 0 bridgehead atoms. The van der Waals surface area contributed by atoms with E-state index < -0.39 is 15.2 Å². The van der Waals surface area contributed by atoms with E-state index in [1.165, 1.54) is 11.3 Å². The van der Waals surface area contributed by atoms with E-state index in [2.05, 4.69) is 26.3 Å². The maximum absolute atomic E-state index is 13.2. The van der Waals surface area contributed by atoms with Gasteiger partial charge in [-0.1, -0.05) is 30.3 Å². The normalized spacial score (nSPS) is 18.7. The second kappa shape index (κ2) is 10.5. The van der Waals surface area contributed by atoms with Crippen LogP contribution in [-0.4, -0.2) is 53.2 Å². The van der Waals surface area contributed by atoms with Crippen molar-refractivity contribution in [3.8, 4) is 0 Å². The van der Waals surface area contributed by atoms with Gasteiger partial charge in [0.05, 0.1) is 4.90 Å². The van der Waals surface area contributed by atoms with Crippen LogP contribution in [0.1, 0.15) is 37.3 Å². The third-order valence-corrected chi connectivity index (χ3v) is 7.39. The van der Waals surface area contributed by atoms with E-state index in [1.54, 1.807) is 24.3 Å². The maximum atomic E-state index is 13.2. The zero-order valence-corrected chi connectivity index (χ0v) is 19.8. The third kappa shape index (κ3) is 5.88. The molecule has 1 fully saturated rings. The van der Waals surface area contributed by atoms with Crippen LogP contribution in [0.4, 0.5) is 5.69 Å². The number of nitrogens with one attached hydrogen (secondary N) is 2. The molecule has 1 atom stereocenters. The van der Waals surface area contributed by atoms with Crippen molar-refractivity contribution in [2.24, 2.45) is 0 Å². The number of anilines is 1. The van der Waals surface area contributed by atoms with Crippen LogP contribution in [0.3, 0.4) is 0 Å². The van der Waals surface area contributed by atoms with Crippen molar-refractivity contribution in [3.63, 3.8) is 0 Å². The van der Waals surface area contributed by atoms with Crippen LogP contribution < -0.4 is 15.5 Å². The van der Waals surface area contributed by atoms with E-state index in [4.69, 9.17) is 0 Å². The number of sulfone groups is 1. The van der Waals surface area contributed by atoms with Crippen LogP contribution >= 0.6 is 0 Å². The minimum absolute atomic E-state index is 0.318. The molecule has 2 aliphatic heterocycles. The molecule has 1 saturated heterocycles. The van der Waals surface area contributed by atoms with E-state index in [-0.39, 0.29) is 5.60 Å². The molecule has 0 saturated carbocycles. The van der Waals surface area contributed by atoms with Crippen molar-refractivity contribution in [1.29, 1.82) is 0 Å². The first kappa shape index (κ1) is 24.2. The van der Waals surface area contributed by atoms with Gasteiger partial charge in [-0.3, -0.25) is 10.1 Å². The van der Waals surface area contributed by atoms with Gasteiger partial charge >= 0.3 is 0 Å². The molecule has 4 rings (SSSR count).